The van der Waals surface area contributed by atoms with Gasteiger partial charge in [0.25, 0.3) is 0 Å². The highest BCUT2D eigenvalue weighted by Crippen LogP contribution is 2.34. The van der Waals surface area contributed by atoms with Gasteiger partial charge < -0.3 is 0 Å². The lowest BCUT2D eigenvalue weighted by Gasteiger charge is -2.14. The van der Waals surface area contributed by atoms with E-state index in [1.165, 1.54) is 61.0 Å². The molecule has 1 heterocycles. The van der Waals surface area contributed by atoms with Crippen molar-refractivity contribution in [3.63, 3.8) is 0 Å². The molecule has 3 rings (SSSR count). The second kappa shape index (κ2) is 3.76. The molecule has 1 aromatic rings. The topological polar surface area (TPSA) is 22.0 Å². The standard InChI is InChI=1S/C14H19NO/c1-10(16)15-13-8-4-2-6-11(13)12-7-3-5-9-14(12)15/h2-9H2,1H3. The van der Waals surface area contributed by atoms with Crippen molar-refractivity contribution in [3.8, 4) is 0 Å². The Morgan fingerprint density at radius 2 is 1.31 bits per heavy atom. The number of carbonyl (C=O) groups is 1. The first-order chi connectivity index (χ1) is 7.79. The molecule has 0 fully saturated rings. The Kier molecular flexibility index (Phi) is 2.38. The molecule has 0 spiro atoms. The first-order valence-electron chi connectivity index (χ1n) is 6.54. The minimum absolute atomic E-state index is 0.223. The van der Waals surface area contributed by atoms with Crippen LogP contribution in [0.25, 0.3) is 0 Å². The van der Waals surface area contributed by atoms with E-state index >= 15 is 0 Å². The van der Waals surface area contributed by atoms with Crippen LogP contribution in [0.2, 0.25) is 0 Å². The molecule has 0 unspecified atom stereocenters. The van der Waals surface area contributed by atoms with Crippen LogP contribution in [0.1, 0.15) is 59.9 Å². The third-order valence-corrected chi connectivity index (χ3v) is 4.10. The number of hydrogen-bond donors (Lipinski definition) is 0. The number of hydrogen-bond acceptors (Lipinski definition) is 1. The number of nitrogens with zero attached hydrogens (tertiary/aromatic N) is 1. The predicted octanol–water partition coefficient (Wildman–Crippen LogP) is 2.91. The molecule has 0 saturated carbocycles. The summed E-state index contributed by atoms with van der Waals surface area (Å²) in [5.41, 5.74) is 5.78. The van der Waals surface area contributed by atoms with Crippen LogP contribution in [0.3, 0.4) is 0 Å². The molecule has 0 atom stereocenters. The van der Waals surface area contributed by atoms with E-state index in [1.807, 2.05) is 4.57 Å². The first-order valence-corrected chi connectivity index (χ1v) is 6.54. The van der Waals surface area contributed by atoms with E-state index < -0.39 is 0 Å². The zero-order valence-corrected chi connectivity index (χ0v) is 10.0. The smallest absolute Gasteiger partial charge is 0.227 e. The summed E-state index contributed by atoms with van der Waals surface area (Å²) in [7, 11) is 0. The summed E-state index contributed by atoms with van der Waals surface area (Å²) in [5, 5.41) is 0. The maximum absolute atomic E-state index is 11.8. The second-order valence-corrected chi connectivity index (χ2v) is 5.12. The van der Waals surface area contributed by atoms with E-state index in [4.69, 9.17) is 0 Å². The van der Waals surface area contributed by atoms with Crippen LogP contribution in [0.15, 0.2) is 0 Å². The van der Waals surface area contributed by atoms with Gasteiger partial charge in [-0.15, -0.1) is 0 Å². The monoisotopic (exact) mass is 217 g/mol. The second-order valence-electron chi connectivity index (χ2n) is 5.12. The largest absolute Gasteiger partial charge is 0.288 e. The average Bonchev–Trinajstić information content (AvgIpc) is 2.63. The summed E-state index contributed by atoms with van der Waals surface area (Å²) < 4.78 is 2.04. The summed E-state index contributed by atoms with van der Waals surface area (Å²) >= 11 is 0. The molecule has 2 heteroatoms. The molecule has 16 heavy (non-hydrogen) atoms. The summed E-state index contributed by atoms with van der Waals surface area (Å²) in [5.74, 6) is 0.223. The first kappa shape index (κ1) is 10.1. The number of fused-ring (bicyclic) bond motifs is 3. The van der Waals surface area contributed by atoms with Gasteiger partial charge in [-0.25, -0.2) is 0 Å². The molecule has 2 aliphatic rings. The molecule has 2 nitrogen and oxygen atoms in total. The quantitative estimate of drug-likeness (QED) is 0.655. The molecule has 86 valence electrons. The zero-order valence-electron chi connectivity index (χ0n) is 10.0. The highest BCUT2D eigenvalue weighted by atomic mass is 16.1. The molecule has 0 amide bonds. The Labute approximate surface area is 96.6 Å². The van der Waals surface area contributed by atoms with Crippen molar-refractivity contribution in [2.24, 2.45) is 0 Å². The van der Waals surface area contributed by atoms with Gasteiger partial charge >= 0.3 is 0 Å². The third-order valence-electron chi connectivity index (χ3n) is 4.10. The van der Waals surface area contributed by atoms with Gasteiger partial charge in [0.2, 0.25) is 5.91 Å². The summed E-state index contributed by atoms with van der Waals surface area (Å²) in [4.78, 5) is 11.8. The van der Waals surface area contributed by atoms with Crippen molar-refractivity contribution in [2.75, 3.05) is 0 Å². The van der Waals surface area contributed by atoms with E-state index in [0.29, 0.717) is 0 Å². The lowest BCUT2D eigenvalue weighted by Crippen LogP contribution is -2.16. The van der Waals surface area contributed by atoms with Crippen molar-refractivity contribution in [2.45, 2.75) is 58.3 Å². The van der Waals surface area contributed by atoms with Gasteiger partial charge in [0.15, 0.2) is 0 Å². The molecule has 0 aliphatic heterocycles. The highest BCUT2D eigenvalue weighted by molar-refractivity contribution is 5.79. The maximum atomic E-state index is 11.8. The van der Waals surface area contributed by atoms with E-state index in [9.17, 15) is 4.79 Å². The predicted molar refractivity (Wildman–Crippen MR) is 64.0 cm³/mol. The summed E-state index contributed by atoms with van der Waals surface area (Å²) in [6.07, 6.45) is 9.76. The van der Waals surface area contributed by atoms with Gasteiger partial charge in [0.05, 0.1) is 0 Å². The van der Waals surface area contributed by atoms with Crippen molar-refractivity contribution < 1.29 is 4.79 Å². The molecular weight excluding hydrogens is 198 g/mol. The lowest BCUT2D eigenvalue weighted by atomic mass is 9.89. The van der Waals surface area contributed by atoms with E-state index in [1.54, 1.807) is 6.92 Å². The normalized spacial score (nSPS) is 19.1. The third kappa shape index (κ3) is 1.35. The zero-order chi connectivity index (χ0) is 11.1. The van der Waals surface area contributed by atoms with Crippen LogP contribution in [-0.2, 0) is 25.7 Å². The lowest BCUT2D eigenvalue weighted by molar-refractivity contribution is 0.0929. The minimum Gasteiger partial charge on any atom is -0.288 e. The molecule has 1 aromatic heterocycles. The molecule has 0 radical (unpaired) electrons. The van der Waals surface area contributed by atoms with Crippen LogP contribution in [0, 0.1) is 0 Å². The van der Waals surface area contributed by atoms with Gasteiger partial charge in [0.1, 0.15) is 0 Å². The van der Waals surface area contributed by atoms with Crippen LogP contribution in [-0.4, -0.2) is 10.5 Å². The Hall–Kier alpha value is -1.05. The molecular formula is C14H19NO. The molecule has 0 saturated heterocycles. The molecule has 0 bridgehead atoms. The van der Waals surface area contributed by atoms with E-state index in [2.05, 4.69) is 0 Å². The Morgan fingerprint density at radius 3 is 1.75 bits per heavy atom. The summed E-state index contributed by atoms with van der Waals surface area (Å²) in [6, 6.07) is 0. The van der Waals surface area contributed by atoms with Crippen LogP contribution in [0.5, 0.6) is 0 Å². The van der Waals surface area contributed by atoms with Gasteiger partial charge in [-0.05, 0) is 62.5 Å². The Morgan fingerprint density at radius 1 is 0.875 bits per heavy atom. The van der Waals surface area contributed by atoms with E-state index in [-0.39, 0.29) is 5.91 Å². The number of carbonyl (C=O) groups excluding carboxylic acids is 1. The van der Waals surface area contributed by atoms with Crippen molar-refractivity contribution in [3.05, 3.63) is 22.5 Å². The van der Waals surface area contributed by atoms with Crippen molar-refractivity contribution >= 4 is 5.91 Å². The van der Waals surface area contributed by atoms with Gasteiger partial charge in [-0.1, -0.05) is 0 Å². The fourth-order valence-corrected chi connectivity index (χ4v) is 3.47. The maximum Gasteiger partial charge on any atom is 0.227 e. The molecule has 0 aromatic carbocycles. The van der Waals surface area contributed by atoms with Crippen molar-refractivity contribution in [1.29, 1.82) is 0 Å². The highest BCUT2D eigenvalue weighted by Gasteiger charge is 2.27. The van der Waals surface area contributed by atoms with Crippen LogP contribution < -0.4 is 0 Å². The fraction of sp³-hybridized carbons (Fsp3) is 0.643. The van der Waals surface area contributed by atoms with Crippen LogP contribution in [0.4, 0.5) is 0 Å². The van der Waals surface area contributed by atoms with Gasteiger partial charge in [0, 0.05) is 18.3 Å². The summed E-state index contributed by atoms with van der Waals surface area (Å²) in [6.45, 7) is 1.71. The van der Waals surface area contributed by atoms with Crippen molar-refractivity contribution in [1.82, 2.24) is 4.57 Å². The Balaban J connectivity index is 2.22. The number of rotatable bonds is 0. The van der Waals surface area contributed by atoms with E-state index in [0.717, 1.165) is 12.8 Å². The van der Waals surface area contributed by atoms with Gasteiger partial charge in [-0.3, -0.25) is 9.36 Å². The average molecular weight is 217 g/mol. The molecule has 0 N–H and O–H groups in total. The van der Waals surface area contributed by atoms with Crippen LogP contribution >= 0.6 is 0 Å². The minimum atomic E-state index is 0.223. The fourth-order valence-electron chi connectivity index (χ4n) is 3.47. The van der Waals surface area contributed by atoms with Gasteiger partial charge in [-0.2, -0.15) is 0 Å². The molecule has 2 aliphatic carbocycles. The SMILES string of the molecule is CC(=O)n1c2c(c3c1CCCC3)CCCC2. The number of aromatic nitrogens is 1. The Bertz CT molecular complexity index is 409.